The third-order valence-corrected chi connectivity index (χ3v) is 4.98. The molecule has 1 atom stereocenters. The molecular weight excluding hydrogens is 389 g/mol. The first-order valence-electron chi connectivity index (χ1n) is 9.87. The van der Waals surface area contributed by atoms with Gasteiger partial charge in [0.1, 0.15) is 6.67 Å². The number of carbonyl (C=O) groups excluding carboxylic acids is 1. The molecule has 1 amide bonds. The lowest BCUT2D eigenvalue weighted by molar-refractivity contribution is 0.0942. The van der Waals surface area contributed by atoms with Gasteiger partial charge in [0.15, 0.2) is 0 Å². The predicted octanol–water partition coefficient (Wildman–Crippen LogP) is 4.99. The summed E-state index contributed by atoms with van der Waals surface area (Å²) in [5.74, 6) is 5.70. The number of nitrogens with one attached hydrogen (secondary N) is 1. The molecule has 4 nitrogen and oxygen atoms in total. The molecule has 4 rings (SSSR count). The number of aromatic nitrogens is 2. The second-order valence-corrected chi connectivity index (χ2v) is 7.00. The molecule has 4 aromatic rings. The fourth-order valence-corrected chi connectivity index (χ4v) is 3.43. The monoisotopic (exact) mass is 409 g/mol. The van der Waals surface area contributed by atoms with E-state index in [9.17, 15) is 9.18 Å². The maximum atomic E-state index is 13.2. The second kappa shape index (κ2) is 9.19. The first-order valence-corrected chi connectivity index (χ1v) is 9.87. The normalized spacial score (nSPS) is 11.4. The molecule has 0 fully saturated rings. The number of alkyl halides is 1. The summed E-state index contributed by atoms with van der Waals surface area (Å²) in [6, 6.07) is 19.3. The van der Waals surface area contributed by atoms with Crippen LogP contribution in [0.5, 0.6) is 0 Å². The number of rotatable bonds is 5. The van der Waals surface area contributed by atoms with Crippen molar-refractivity contribution in [3.05, 3.63) is 107 Å². The zero-order valence-corrected chi connectivity index (χ0v) is 17.0. The van der Waals surface area contributed by atoms with Crippen molar-refractivity contribution >= 4 is 16.8 Å². The van der Waals surface area contributed by atoms with E-state index in [4.69, 9.17) is 0 Å². The topological polar surface area (TPSA) is 54.9 Å². The summed E-state index contributed by atoms with van der Waals surface area (Å²) in [6.07, 6.45) is 3.39. The Hall–Kier alpha value is -4.04. The average Bonchev–Trinajstić information content (AvgIpc) is 2.83. The van der Waals surface area contributed by atoms with Gasteiger partial charge in [0.25, 0.3) is 5.91 Å². The van der Waals surface area contributed by atoms with Crippen LogP contribution in [0.2, 0.25) is 0 Å². The molecule has 152 valence electrons. The molecule has 31 heavy (non-hydrogen) atoms. The minimum absolute atomic E-state index is 0.244. The third kappa shape index (κ3) is 4.44. The van der Waals surface area contributed by atoms with E-state index < -0.39 is 12.7 Å². The number of amides is 1. The zero-order chi connectivity index (χ0) is 21.6. The molecule has 0 saturated heterocycles. The Morgan fingerprint density at radius 3 is 2.58 bits per heavy atom. The van der Waals surface area contributed by atoms with Crippen molar-refractivity contribution < 1.29 is 9.18 Å². The SMILES string of the molecule is CC#Cc1cccnc1[C@@H](NC(=O)c1ccc2ncccc2c1)c1ccc(CF)cc1. The fraction of sp³-hybridized carbons (Fsp3) is 0.115. The summed E-state index contributed by atoms with van der Waals surface area (Å²) in [5.41, 5.74) is 4.08. The maximum absolute atomic E-state index is 13.2. The van der Waals surface area contributed by atoms with Crippen LogP contribution in [0.4, 0.5) is 4.39 Å². The zero-order valence-electron chi connectivity index (χ0n) is 17.0. The van der Waals surface area contributed by atoms with Gasteiger partial charge in [-0.25, -0.2) is 4.39 Å². The van der Waals surface area contributed by atoms with E-state index in [1.807, 2.05) is 48.5 Å². The Kier molecular flexibility index (Phi) is 6.00. The van der Waals surface area contributed by atoms with Crippen molar-refractivity contribution in [2.24, 2.45) is 0 Å². The molecule has 2 aromatic heterocycles. The molecule has 5 heteroatoms. The van der Waals surface area contributed by atoms with Crippen LogP contribution in [-0.2, 0) is 6.67 Å². The van der Waals surface area contributed by atoms with E-state index in [1.165, 1.54) is 0 Å². The molecule has 0 bridgehead atoms. The largest absolute Gasteiger partial charge is 0.339 e. The molecule has 0 unspecified atom stereocenters. The molecule has 2 heterocycles. The number of pyridine rings is 2. The highest BCUT2D eigenvalue weighted by molar-refractivity contribution is 5.98. The van der Waals surface area contributed by atoms with Gasteiger partial charge in [0.05, 0.1) is 17.3 Å². The second-order valence-electron chi connectivity index (χ2n) is 7.00. The lowest BCUT2D eigenvalue weighted by Crippen LogP contribution is -2.30. The summed E-state index contributed by atoms with van der Waals surface area (Å²) in [4.78, 5) is 22.0. The van der Waals surface area contributed by atoms with E-state index in [0.717, 1.165) is 22.0 Å². The molecule has 0 aliphatic heterocycles. The summed E-state index contributed by atoms with van der Waals surface area (Å²) >= 11 is 0. The van der Waals surface area contributed by atoms with Gasteiger partial charge in [-0.3, -0.25) is 14.8 Å². The number of nitrogens with zero attached hydrogens (tertiary/aromatic N) is 2. The van der Waals surface area contributed by atoms with Gasteiger partial charge in [0, 0.05) is 28.9 Å². The van der Waals surface area contributed by atoms with Crippen molar-refractivity contribution in [1.29, 1.82) is 0 Å². The quantitative estimate of drug-likeness (QED) is 0.473. The van der Waals surface area contributed by atoms with Gasteiger partial charge in [-0.2, -0.15) is 0 Å². The van der Waals surface area contributed by atoms with Crippen LogP contribution in [0, 0.1) is 11.8 Å². The van der Waals surface area contributed by atoms with Gasteiger partial charge in [-0.1, -0.05) is 36.3 Å². The van der Waals surface area contributed by atoms with E-state index in [2.05, 4.69) is 27.1 Å². The lowest BCUT2D eigenvalue weighted by atomic mass is 9.97. The van der Waals surface area contributed by atoms with Crippen molar-refractivity contribution in [1.82, 2.24) is 15.3 Å². The highest BCUT2D eigenvalue weighted by Crippen LogP contribution is 2.25. The minimum Gasteiger partial charge on any atom is -0.339 e. The van der Waals surface area contributed by atoms with Crippen molar-refractivity contribution in [3.63, 3.8) is 0 Å². The lowest BCUT2D eigenvalue weighted by Gasteiger charge is -2.20. The number of halogens is 1. The van der Waals surface area contributed by atoms with E-state index in [1.54, 1.807) is 37.5 Å². The fourth-order valence-electron chi connectivity index (χ4n) is 3.43. The number of benzene rings is 2. The number of fused-ring (bicyclic) bond motifs is 1. The minimum atomic E-state index is -0.543. The number of carbonyl (C=O) groups is 1. The molecule has 1 N–H and O–H groups in total. The van der Waals surface area contributed by atoms with Crippen LogP contribution >= 0.6 is 0 Å². The van der Waals surface area contributed by atoms with Crippen LogP contribution in [0.25, 0.3) is 10.9 Å². The molecule has 0 saturated carbocycles. The van der Waals surface area contributed by atoms with Gasteiger partial charge < -0.3 is 5.32 Å². The van der Waals surface area contributed by atoms with E-state index >= 15 is 0 Å². The van der Waals surface area contributed by atoms with Crippen LogP contribution < -0.4 is 5.32 Å². The van der Waals surface area contributed by atoms with Crippen LogP contribution in [-0.4, -0.2) is 15.9 Å². The van der Waals surface area contributed by atoms with E-state index in [-0.39, 0.29) is 5.91 Å². The Morgan fingerprint density at radius 1 is 1.03 bits per heavy atom. The van der Waals surface area contributed by atoms with Crippen LogP contribution in [0.3, 0.4) is 0 Å². The molecule has 0 aliphatic carbocycles. The highest BCUT2D eigenvalue weighted by Gasteiger charge is 2.22. The maximum Gasteiger partial charge on any atom is 0.252 e. The third-order valence-electron chi connectivity index (χ3n) is 4.98. The molecule has 0 radical (unpaired) electrons. The summed E-state index contributed by atoms with van der Waals surface area (Å²) in [5, 5.41) is 3.97. The number of hydrogen-bond acceptors (Lipinski definition) is 3. The van der Waals surface area contributed by atoms with Crippen LogP contribution in [0.1, 0.15) is 45.7 Å². The Bertz CT molecular complexity index is 1290. The van der Waals surface area contributed by atoms with Gasteiger partial charge in [0.2, 0.25) is 0 Å². The molecule has 0 aliphatic rings. The first kappa shape index (κ1) is 20.2. The van der Waals surface area contributed by atoms with Gasteiger partial charge in [-0.05, 0) is 54.4 Å². The van der Waals surface area contributed by atoms with Gasteiger partial charge >= 0.3 is 0 Å². The van der Waals surface area contributed by atoms with Gasteiger partial charge in [-0.15, -0.1) is 5.92 Å². The Balaban J connectivity index is 1.74. The Morgan fingerprint density at radius 2 is 1.81 bits per heavy atom. The molecule has 0 spiro atoms. The van der Waals surface area contributed by atoms with Crippen molar-refractivity contribution in [2.75, 3.05) is 0 Å². The standard InChI is InChI=1S/C26H20FN3O/c1-2-5-19-6-3-15-29-24(19)25(20-10-8-18(17-27)9-11-20)30-26(31)22-12-13-23-21(16-22)7-4-14-28-23/h3-4,6-16,25H,17H2,1H3,(H,30,31)/t25-/m0/s1. The van der Waals surface area contributed by atoms with Crippen LogP contribution in [0.15, 0.2) is 79.1 Å². The highest BCUT2D eigenvalue weighted by atomic mass is 19.1. The summed E-state index contributed by atoms with van der Waals surface area (Å²) in [7, 11) is 0. The average molecular weight is 409 g/mol. The van der Waals surface area contributed by atoms with Crippen molar-refractivity contribution in [3.8, 4) is 11.8 Å². The Labute approximate surface area is 180 Å². The molecular formula is C26H20FN3O. The molecule has 2 aromatic carbocycles. The summed E-state index contributed by atoms with van der Waals surface area (Å²) in [6.45, 7) is 1.21. The smallest absolute Gasteiger partial charge is 0.252 e. The predicted molar refractivity (Wildman–Crippen MR) is 119 cm³/mol. The first-order chi connectivity index (χ1) is 15.2. The summed E-state index contributed by atoms with van der Waals surface area (Å²) < 4.78 is 13.0. The van der Waals surface area contributed by atoms with Crippen molar-refractivity contribution in [2.45, 2.75) is 19.6 Å². The van der Waals surface area contributed by atoms with E-state index in [0.29, 0.717) is 16.8 Å². The number of hydrogen-bond donors (Lipinski definition) is 1.